The van der Waals surface area contributed by atoms with Crippen molar-refractivity contribution < 1.29 is 9.66 Å². The third kappa shape index (κ3) is 3.95. The van der Waals surface area contributed by atoms with Crippen molar-refractivity contribution in [3.8, 4) is 5.75 Å². The number of benzene rings is 1. The summed E-state index contributed by atoms with van der Waals surface area (Å²) >= 11 is 1.64. The van der Waals surface area contributed by atoms with E-state index >= 15 is 0 Å². The van der Waals surface area contributed by atoms with E-state index in [1.807, 2.05) is 26.2 Å². The number of nitrogens with zero attached hydrogens (tertiary/aromatic N) is 1. The van der Waals surface area contributed by atoms with Crippen LogP contribution in [0, 0.1) is 10.1 Å². The summed E-state index contributed by atoms with van der Waals surface area (Å²) in [5.74, 6) is 0.289. The van der Waals surface area contributed by atoms with Gasteiger partial charge in [0.1, 0.15) is 0 Å². The summed E-state index contributed by atoms with van der Waals surface area (Å²) < 4.78 is 5.54. The molecule has 21 heavy (non-hydrogen) atoms. The van der Waals surface area contributed by atoms with Crippen LogP contribution in [0.15, 0.2) is 35.0 Å². The molecule has 0 amide bonds. The molecule has 0 spiro atoms. The molecule has 2 rings (SSSR count). The molecule has 0 radical (unpaired) electrons. The lowest BCUT2D eigenvalue weighted by Gasteiger charge is -2.16. The molecule has 0 bridgehead atoms. The summed E-state index contributed by atoms with van der Waals surface area (Å²) in [4.78, 5) is 10.6. The number of hydrogen-bond donors (Lipinski definition) is 1. The van der Waals surface area contributed by atoms with E-state index in [2.05, 4.69) is 16.8 Å². The lowest BCUT2D eigenvalue weighted by molar-refractivity contribution is -0.386. The Bertz CT molecular complexity index is 611. The summed E-state index contributed by atoms with van der Waals surface area (Å²) in [5, 5.41) is 18.5. The van der Waals surface area contributed by atoms with Crippen molar-refractivity contribution in [2.45, 2.75) is 32.9 Å². The van der Waals surface area contributed by atoms with Crippen molar-refractivity contribution in [1.82, 2.24) is 0 Å². The molecule has 0 saturated carbocycles. The van der Waals surface area contributed by atoms with Crippen LogP contribution in [0.5, 0.6) is 5.75 Å². The second kappa shape index (κ2) is 6.58. The van der Waals surface area contributed by atoms with Gasteiger partial charge in [0, 0.05) is 23.9 Å². The number of ether oxygens (including phenoxy) is 1. The number of nitro groups is 1. The van der Waals surface area contributed by atoms with Crippen LogP contribution < -0.4 is 10.1 Å². The minimum Gasteiger partial charge on any atom is -0.484 e. The molecule has 1 unspecified atom stereocenters. The first kappa shape index (κ1) is 15.3. The van der Waals surface area contributed by atoms with Gasteiger partial charge in [-0.2, -0.15) is 11.3 Å². The monoisotopic (exact) mass is 306 g/mol. The standard InChI is InChI=1S/C15H18N2O3S/c1-10(2)20-15-8-13(4-5-14(15)17(18)19)16-11(3)12-6-7-21-9-12/h4-11,16H,1-3H3. The molecule has 2 aromatic rings. The lowest BCUT2D eigenvalue weighted by Crippen LogP contribution is -2.09. The van der Waals surface area contributed by atoms with Gasteiger partial charge < -0.3 is 10.1 Å². The maximum absolute atomic E-state index is 11.0. The van der Waals surface area contributed by atoms with Crippen molar-refractivity contribution in [3.63, 3.8) is 0 Å². The second-order valence-electron chi connectivity index (χ2n) is 5.03. The number of hydrogen-bond acceptors (Lipinski definition) is 5. The fourth-order valence-corrected chi connectivity index (χ4v) is 2.71. The third-order valence-electron chi connectivity index (χ3n) is 2.95. The van der Waals surface area contributed by atoms with E-state index in [0.717, 1.165) is 5.69 Å². The Morgan fingerprint density at radius 3 is 2.62 bits per heavy atom. The van der Waals surface area contributed by atoms with Gasteiger partial charge >= 0.3 is 5.69 Å². The molecule has 1 aromatic heterocycles. The summed E-state index contributed by atoms with van der Waals surface area (Å²) in [5.41, 5.74) is 1.97. The molecule has 5 nitrogen and oxygen atoms in total. The molecule has 1 atom stereocenters. The summed E-state index contributed by atoms with van der Waals surface area (Å²) in [6, 6.07) is 7.04. The zero-order chi connectivity index (χ0) is 15.4. The zero-order valence-electron chi connectivity index (χ0n) is 12.2. The van der Waals surface area contributed by atoms with Crippen LogP contribution in [0.3, 0.4) is 0 Å². The largest absolute Gasteiger partial charge is 0.484 e. The molecule has 112 valence electrons. The van der Waals surface area contributed by atoms with E-state index in [4.69, 9.17) is 4.74 Å². The first-order valence-corrected chi connectivity index (χ1v) is 7.65. The minimum atomic E-state index is -0.427. The minimum absolute atomic E-state index is 0.0163. The topological polar surface area (TPSA) is 64.4 Å². The van der Waals surface area contributed by atoms with Gasteiger partial charge in [0.15, 0.2) is 5.75 Å². The molecule has 1 aromatic carbocycles. The van der Waals surface area contributed by atoms with Crippen LogP contribution in [-0.4, -0.2) is 11.0 Å². The summed E-state index contributed by atoms with van der Waals surface area (Å²) in [6.07, 6.45) is -0.117. The third-order valence-corrected chi connectivity index (χ3v) is 3.65. The van der Waals surface area contributed by atoms with Gasteiger partial charge in [-0.15, -0.1) is 0 Å². The maximum Gasteiger partial charge on any atom is 0.311 e. The number of thiophene rings is 1. The Balaban J connectivity index is 2.22. The van der Waals surface area contributed by atoms with E-state index in [-0.39, 0.29) is 23.6 Å². The van der Waals surface area contributed by atoms with Gasteiger partial charge in [0.25, 0.3) is 0 Å². The Hall–Kier alpha value is -2.08. The fraction of sp³-hybridized carbons (Fsp3) is 0.333. The fourth-order valence-electron chi connectivity index (χ4n) is 1.96. The van der Waals surface area contributed by atoms with E-state index < -0.39 is 4.92 Å². The van der Waals surface area contributed by atoms with Crippen LogP contribution in [0.2, 0.25) is 0 Å². The van der Waals surface area contributed by atoms with Crippen molar-refractivity contribution >= 4 is 22.7 Å². The highest BCUT2D eigenvalue weighted by Gasteiger charge is 2.17. The van der Waals surface area contributed by atoms with Gasteiger partial charge in [0.05, 0.1) is 11.0 Å². The van der Waals surface area contributed by atoms with E-state index in [1.165, 1.54) is 11.6 Å². The molecule has 0 aliphatic rings. The van der Waals surface area contributed by atoms with E-state index in [1.54, 1.807) is 23.5 Å². The van der Waals surface area contributed by atoms with Crippen molar-refractivity contribution in [1.29, 1.82) is 0 Å². The van der Waals surface area contributed by atoms with Gasteiger partial charge in [0.2, 0.25) is 0 Å². The highest BCUT2D eigenvalue weighted by atomic mass is 32.1. The van der Waals surface area contributed by atoms with Gasteiger partial charge in [-0.3, -0.25) is 10.1 Å². The van der Waals surface area contributed by atoms with E-state index in [9.17, 15) is 10.1 Å². The zero-order valence-corrected chi connectivity index (χ0v) is 13.0. The van der Waals surface area contributed by atoms with Crippen LogP contribution in [-0.2, 0) is 0 Å². The van der Waals surface area contributed by atoms with Crippen molar-refractivity contribution in [3.05, 3.63) is 50.7 Å². The lowest BCUT2D eigenvalue weighted by atomic mass is 10.1. The van der Waals surface area contributed by atoms with Crippen LogP contribution >= 0.6 is 11.3 Å². The quantitative estimate of drug-likeness (QED) is 0.625. The second-order valence-corrected chi connectivity index (χ2v) is 5.81. The molecule has 1 N–H and O–H groups in total. The highest BCUT2D eigenvalue weighted by molar-refractivity contribution is 7.07. The highest BCUT2D eigenvalue weighted by Crippen LogP contribution is 2.32. The predicted octanol–water partition coefficient (Wildman–Crippen LogP) is 4.62. The smallest absolute Gasteiger partial charge is 0.311 e. The Kier molecular flexibility index (Phi) is 4.80. The average Bonchev–Trinajstić information content (AvgIpc) is 2.91. The number of anilines is 1. The Morgan fingerprint density at radius 2 is 2.05 bits per heavy atom. The SMILES string of the molecule is CC(C)Oc1cc(NC(C)c2ccsc2)ccc1[N+](=O)[O-]. The summed E-state index contributed by atoms with van der Waals surface area (Å²) in [7, 11) is 0. The molecule has 0 saturated heterocycles. The molecule has 0 aliphatic heterocycles. The first-order chi connectivity index (χ1) is 9.97. The van der Waals surface area contributed by atoms with Crippen LogP contribution in [0.25, 0.3) is 0 Å². The predicted molar refractivity (Wildman–Crippen MR) is 85.2 cm³/mol. The first-order valence-electron chi connectivity index (χ1n) is 6.71. The van der Waals surface area contributed by atoms with Gasteiger partial charge in [-0.1, -0.05) is 0 Å². The van der Waals surface area contributed by atoms with Gasteiger partial charge in [-0.05, 0) is 49.2 Å². The maximum atomic E-state index is 11.0. The van der Waals surface area contributed by atoms with Crippen LogP contribution in [0.1, 0.15) is 32.4 Å². The molecular weight excluding hydrogens is 288 g/mol. The number of nitro benzene ring substituents is 1. The molecule has 1 heterocycles. The number of rotatable bonds is 6. The molecule has 6 heteroatoms. The normalized spacial score (nSPS) is 12.2. The Morgan fingerprint density at radius 1 is 1.29 bits per heavy atom. The average molecular weight is 306 g/mol. The van der Waals surface area contributed by atoms with Crippen LogP contribution in [0.4, 0.5) is 11.4 Å². The van der Waals surface area contributed by atoms with Crippen molar-refractivity contribution in [2.75, 3.05) is 5.32 Å². The number of nitrogens with one attached hydrogen (secondary N) is 1. The van der Waals surface area contributed by atoms with E-state index in [0.29, 0.717) is 0 Å². The van der Waals surface area contributed by atoms with Gasteiger partial charge in [-0.25, -0.2) is 0 Å². The summed E-state index contributed by atoms with van der Waals surface area (Å²) in [6.45, 7) is 5.74. The Labute approximate surface area is 127 Å². The van der Waals surface area contributed by atoms with Crippen molar-refractivity contribution in [2.24, 2.45) is 0 Å². The molecule has 0 aliphatic carbocycles. The molecular formula is C15H18N2O3S. The molecule has 0 fully saturated rings.